The fourth-order valence-electron chi connectivity index (χ4n) is 3.29. The molecule has 0 atom stereocenters. The number of aryl methyl sites for hydroxylation is 1. The molecule has 33 heavy (non-hydrogen) atoms. The van der Waals surface area contributed by atoms with E-state index in [0.29, 0.717) is 29.9 Å². The van der Waals surface area contributed by atoms with E-state index >= 15 is 0 Å². The number of aromatic nitrogens is 3. The smallest absolute Gasteiger partial charge is 0.234 e. The number of anilines is 1. The van der Waals surface area contributed by atoms with Crippen molar-refractivity contribution in [2.75, 3.05) is 17.7 Å². The van der Waals surface area contributed by atoms with Gasteiger partial charge in [0.2, 0.25) is 11.7 Å². The summed E-state index contributed by atoms with van der Waals surface area (Å²) >= 11 is 1.34. The van der Waals surface area contributed by atoms with Gasteiger partial charge < -0.3 is 14.5 Å². The normalized spacial score (nSPS) is 10.8. The molecule has 1 N–H and O–H groups in total. The molecule has 0 fully saturated rings. The Kier molecular flexibility index (Phi) is 7.47. The number of thioether (sulfide) groups is 1. The number of amides is 1. The third-order valence-electron chi connectivity index (χ3n) is 4.92. The van der Waals surface area contributed by atoms with Gasteiger partial charge in [0.25, 0.3) is 0 Å². The Hall–Kier alpha value is -3.52. The number of nitrogens with zero attached hydrogens (tertiary/aromatic N) is 3. The molecule has 8 heteroatoms. The fraction of sp³-hybridized carbons (Fsp3) is 0.240. The lowest BCUT2D eigenvalue weighted by molar-refractivity contribution is -0.113. The minimum Gasteiger partial charge on any atom is -0.494 e. The average molecular weight is 463 g/mol. The van der Waals surface area contributed by atoms with Gasteiger partial charge in [-0.05, 0) is 54.8 Å². The first-order valence-corrected chi connectivity index (χ1v) is 11.8. The van der Waals surface area contributed by atoms with Crippen LogP contribution in [0.15, 0.2) is 76.5 Å². The number of hydrogen-bond donors (Lipinski definition) is 1. The van der Waals surface area contributed by atoms with E-state index in [1.165, 1.54) is 11.8 Å². The topological polar surface area (TPSA) is 82.2 Å². The lowest BCUT2D eigenvalue weighted by Gasteiger charge is -2.12. The molecule has 0 aliphatic heterocycles. The summed E-state index contributed by atoms with van der Waals surface area (Å²) in [6.45, 7) is 5.27. The Morgan fingerprint density at radius 1 is 1.12 bits per heavy atom. The zero-order chi connectivity index (χ0) is 23.0. The third kappa shape index (κ3) is 5.84. The van der Waals surface area contributed by atoms with Gasteiger partial charge >= 0.3 is 0 Å². The van der Waals surface area contributed by atoms with E-state index in [4.69, 9.17) is 9.15 Å². The first-order valence-electron chi connectivity index (χ1n) is 10.8. The van der Waals surface area contributed by atoms with Crippen molar-refractivity contribution >= 4 is 23.4 Å². The second-order valence-corrected chi connectivity index (χ2v) is 8.46. The van der Waals surface area contributed by atoms with Crippen LogP contribution in [0.3, 0.4) is 0 Å². The molecule has 2 heterocycles. The molecular weight excluding hydrogens is 436 g/mol. The van der Waals surface area contributed by atoms with Crippen LogP contribution in [0.1, 0.15) is 24.5 Å². The van der Waals surface area contributed by atoms with Crippen molar-refractivity contribution < 1.29 is 13.9 Å². The summed E-state index contributed by atoms with van der Waals surface area (Å²) in [5.74, 6) is 2.17. The maximum absolute atomic E-state index is 12.7. The van der Waals surface area contributed by atoms with Gasteiger partial charge in [0, 0.05) is 5.69 Å². The van der Waals surface area contributed by atoms with Gasteiger partial charge in [-0.15, -0.1) is 10.2 Å². The first kappa shape index (κ1) is 22.7. The second kappa shape index (κ2) is 10.9. The summed E-state index contributed by atoms with van der Waals surface area (Å²) in [7, 11) is 0. The molecule has 0 unspecified atom stereocenters. The van der Waals surface area contributed by atoms with Crippen LogP contribution in [0.4, 0.5) is 5.69 Å². The Morgan fingerprint density at radius 2 is 1.97 bits per heavy atom. The molecule has 4 rings (SSSR count). The summed E-state index contributed by atoms with van der Waals surface area (Å²) < 4.78 is 13.2. The number of carbonyl (C=O) groups excluding carboxylic acids is 1. The Morgan fingerprint density at radius 3 is 2.70 bits per heavy atom. The van der Waals surface area contributed by atoms with Gasteiger partial charge in [0.05, 0.1) is 25.2 Å². The van der Waals surface area contributed by atoms with Gasteiger partial charge in [-0.2, -0.15) is 0 Å². The summed E-state index contributed by atoms with van der Waals surface area (Å²) in [6, 6.07) is 19.4. The standard InChI is InChI=1S/C25H26N4O3S/c1-3-13-31-20-11-12-21(18(2)15-20)26-23(30)17-33-25-28-27-24(22-10-7-14-32-22)29(25)16-19-8-5-4-6-9-19/h4-12,14-15H,3,13,16-17H2,1-2H3,(H,26,30). The van der Waals surface area contributed by atoms with E-state index in [-0.39, 0.29) is 11.7 Å². The summed E-state index contributed by atoms with van der Waals surface area (Å²) in [5, 5.41) is 12.3. The van der Waals surface area contributed by atoms with Crippen molar-refractivity contribution in [2.24, 2.45) is 0 Å². The number of furan rings is 1. The van der Waals surface area contributed by atoms with Crippen molar-refractivity contribution in [3.63, 3.8) is 0 Å². The second-order valence-electron chi connectivity index (χ2n) is 7.52. The molecule has 0 saturated heterocycles. The van der Waals surface area contributed by atoms with Gasteiger partial charge in [0.1, 0.15) is 5.75 Å². The highest BCUT2D eigenvalue weighted by Gasteiger charge is 2.18. The van der Waals surface area contributed by atoms with Crippen LogP contribution >= 0.6 is 11.8 Å². The van der Waals surface area contributed by atoms with Crippen molar-refractivity contribution in [1.82, 2.24) is 14.8 Å². The van der Waals surface area contributed by atoms with Gasteiger partial charge in [-0.3, -0.25) is 9.36 Å². The molecule has 7 nitrogen and oxygen atoms in total. The zero-order valence-electron chi connectivity index (χ0n) is 18.7. The maximum atomic E-state index is 12.7. The van der Waals surface area contributed by atoms with Crippen LogP contribution in [-0.4, -0.2) is 33.0 Å². The zero-order valence-corrected chi connectivity index (χ0v) is 19.5. The van der Waals surface area contributed by atoms with Crippen molar-refractivity contribution in [1.29, 1.82) is 0 Å². The highest BCUT2D eigenvalue weighted by molar-refractivity contribution is 7.99. The monoisotopic (exact) mass is 462 g/mol. The molecule has 0 saturated carbocycles. The van der Waals surface area contributed by atoms with Crippen LogP contribution in [-0.2, 0) is 11.3 Å². The predicted octanol–water partition coefficient (Wildman–Crippen LogP) is 5.41. The number of nitrogens with one attached hydrogen (secondary N) is 1. The minimum atomic E-state index is -0.112. The largest absolute Gasteiger partial charge is 0.494 e. The molecule has 0 spiro atoms. The van der Waals surface area contributed by atoms with Crippen LogP contribution in [0.25, 0.3) is 11.6 Å². The van der Waals surface area contributed by atoms with E-state index in [9.17, 15) is 4.79 Å². The number of benzene rings is 2. The first-order chi connectivity index (χ1) is 16.1. The number of rotatable bonds is 10. The Balaban J connectivity index is 1.45. The van der Waals surface area contributed by atoms with Gasteiger partial charge in [-0.25, -0.2) is 0 Å². The molecule has 2 aromatic carbocycles. The van der Waals surface area contributed by atoms with Crippen LogP contribution in [0.5, 0.6) is 5.75 Å². The maximum Gasteiger partial charge on any atom is 0.234 e. The van der Waals surface area contributed by atoms with E-state index in [0.717, 1.165) is 29.0 Å². The lowest BCUT2D eigenvalue weighted by Crippen LogP contribution is -2.15. The van der Waals surface area contributed by atoms with E-state index < -0.39 is 0 Å². The number of hydrogen-bond acceptors (Lipinski definition) is 6. The molecule has 170 valence electrons. The van der Waals surface area contributed by atoms with E-state index in [1.807, 2.05) is 72.2 Å². The van der Waals surface area contributed by atoms with E-state index in [2.05, 4.69) is 22.4 Å². The van der Waals surface area contributed by atoms with Crippen molar-refractivity contribution in [2.45, 2.75) is 32.0 Å². The average Bonchev–Trinajstić information content (AvgIpc) is 3.49. The Bertz CT molecular complexity index is 1190. The molecule has 0 aliphatic rings. The molecule has 2 aromatic heterocycles. The van der Waals surface area contributed by atoms with Crippen molar-refractivity contribution in [3.05, 3.63) is 78.1 Å². The summed E-state index contributed by atoms with van der Waals surface area (Å²) in [6.07, 6.45) is 2.56. The lowest BCUT2D eigenvalue weighted by atomic mass is 10.2. The molecule has 4 aromatic rings. The van der Waals surface area contributed by atoms with Gasteiger partial charge in [-0.1, -0.05) is 49.0 Å². The van der Waals surface area contributed by atoms with E-state index in [1.54, 1.807) is 6.26 Å². The highest BCUT2D eigenvalue weighted by atomic mass is 32.2. The third-order valence-corrected chi connectivity index (χ3v) is 5.89. The minimum absolute atomic E-state index is 0.112. The molecule has 0 radical (unpaired) electrons. The molecule has 1 amide bonds. The summed E-state index contributed by atoms with van der Waals surface area (Å²) in [5.41, 5.74) is 2.83. The van der Waals surface area contributed by atoms with Crippen molar-refractivity contribution in [3.8, 4) is 17.3 Å². The highest BCUT2D eigenvalue weighted by Crippen LogP contribution is 2.26. The van der Waals surface area contributed by atoms with Crippen LogP contribution in [0, 0.1) is 6.92 Å². The van der Waals surface area contributed by atoms with Gasteiger partial charge in [0.15, 0.2) is 10.9 Å². The SMILES string of the molecule is CCCOc1ccc(NC(=O)CSc2nnc(-c3ccco3)n2Cc2ccccc2)c(C)c1. The molecule has 0 bridgehead atoms. The predicted molar refractivity (Wildman–Crippen MR) is 130 cm³/mol. The van der Waals surface area contributed by atoms with Crippen LogP contribution in [0.2, 0.25) is 0 Å². The quantitative estimate of drug-likeness (QED) is 0.317. The fourth-order valence-corrected chi connectivity index (χ4v) is 4.03. The number of ether oxygens (including phenoxy) is 1. The Labute approximate surface area is 197 Å². The summed E-state index contributed by atoms with van der Waals surface area (Å²) in [4.78, 5) is 12.7. The number of carbonyl (C=O) groups is 1. The molecule has 0 aliphatic carbocycles. The molecular formula is C25H26N4O3S. The van der Waals surface area contributed by atoms with Crippen LogP contribution < -0.4 is 10.1 Å².